The number of carbonyl (C=O) groups excluding carboxylic acids is 2. The van der Waals surface area contributed by atoms with E-state index in [0.29, 0.717) is 25.1 Å². The fourth-order valence-electron chi connectivity index (χ4n) is 6.52. The van der Waals surface area contributed by atoms with Crippen molar-refractivity contribution in [2.24, 2.45) is 5.92 Å². The van der Waals surface area contributed by atoms with Crippen LogP contribution < -0.4 is 10.1 Å². The minimum atomic E-state index is -0.842. The number of methoxy groups -OCH3 is 2. The summed E-state index contributed by atoms with van der Waals surface area (Å²) in [5.74, 6) is -0.467. The van der Waals surface area contributed by atoms with E-state index in [-0.39, 0.29) is 30.2 Å². The molecule has 2 heterocycles. The maximum atomic E-state index is 13.4. The van der Waals surface area contributed by atoms with Gasteiger partial charge in [0, 0.05) is 42.0 Å². The lowest BCUT2D eigenvalue weighted by Gasteiger charge is -2.52. The van der Waals surface area contributed by atoms with E-state index < -0.39 is 17.6 Å². The number of nitrogens with zero attached hydrogens (tertiary/aromatic N) is 1. The van der Waals surface area contributed by atoms with Gasteiger partial charge in [0.05, 0.1) is 26.4 Å². The third kappa shape index (κ3) is 5.46. The maximum absolute atomic E-state index is 13.4. The van der Waals surface area contributed by atoms with Gasteiger partial charge in [-0.05, 0) is 48.6 Å². The average Bonchev–Trinajstić information content (AvgIpc) is 3.35. The molecule has 1 aromatic heterocycles. The number of hydrogen-bond donors (Lipinski definition) is 4. The Labute approximate surface area is 228 Å². The molecule has 2 fully saturated rings. The van der Waals surface area contributed by atoms with Gasteiger partial charge in [-0.3, -0.25) is 9.69 Å². The minimum absolute atomic E-state index is 0.0402. The molecule has 1 amide bonds. The largest absolute Gasteiger partial charge is 0.504 e. The summed E-state index contributed by atoms with van der Waals surface area (Å²) in [5, 5.41) is 25.6. The van der Waals surface area contributed by atoms with Crippen LogP contribution in [0.1, 0.15) is 49.3 Å². The summed E-state index contributed by atoms with van der Waals surface area (Å²) in [6, 6.07) is 12.0. The molecule has 1 aliphatic heterocycles. The molecule has 9 nitrogen and oxygen atoms in total. The van der Waals surface area contributed by atoms with Crippen molar-refractivity contribution in [3.05, 3.63) is 59.8 Å². The first-order chi connectivity index (χ1) is 18.8. The molecule has 4 atom stereocenters. The zero-order chi connectivity index (χ0) is 27.6. The number of piperidine rings is 1. The Balaban J connectivity index is 1.38. The number of aromatic hydroxyl groups is 1. The smallest absolute Gasteiger partial charge is 0.328 e. The highest BCUT2D eigenvalue weighted by atomic mass is 16.5. The van der Waals surface area contributed by atoms with Crippen LogP contribution in [-0.2, 0) is 20.7 Å². The van der Waals surface area contributed by atoms with E-state index in [1.807, 2.05) is 36.5 Å². The number of fused-ring (bicyclic) bond motifs is 2. The van der Waals surface area contributed by atoms with Gasteiger partial charge in [0.1, 0.15) is 6.04 Å². The Morgan fingerprint density at radius 1 is 1.18 bits per heavy atom. The Morgan fingerprint density at radius 2 is 2.00 bits per heavy atom. The number of amides is 1. The summed E-state index contributed by atoms with van der Waals surface area (Å²) in [4.78, 5) is 31.4. The number of phenolic OH excluding ortho intramolecular Hbond substituents is 1. The molecule has 0 bridgehead atoms. The van der Waals surface area contributed by atoms with Gasteiger partial charge >= 0.3 is 5.97 Å². The molecule has 208 valence electrons. The van der Waals surface area contributed by atoms with E-state index in [0.717, 1.165) is 47.7 Å². The highest BCUT2D eigenvalue weighted by molar-refractivity contribution is 5.88. The lowest BCUT2D eigenvalue weighted by molar-refractivity contribution is -0.146. The first-order valence-electron chi connectivity index (χ1n) is 13.6. The number of carbonyl (C=O) groups is 2. The third-order valence-electron chi connectivity index (χ3n) is 8.48. The van der Waals surface area contributed by atoms with Crippen LogP contribution >= 0.6 is 0 Å². The molecular weight excluding hydrogens is 498 g/mol. The predicted octanol–water partition coefficient (Wildman–Crippen LogP) is 3.45. The van der Waals surface area contributed by atoms with Crippen molar-refractivity contribution in [1.29, 1.82) is 0 Å². The number of aliphatic hydroxyl groups is 1. The summed E-state index contributed by atoms with van der Waals surface area (Å²) < 4.78 is 10.4. The van der Waals surface area contributed by atoms with Crippen LogP contribution in [-0.4, -0.2) is 70.9 Å². The maximum Gasteiger partial charge on any atom is 0.328 e. The van der Waals surface area contributed by atoms with Crippen molar-refractivity contribution in [2.45, 2.75) is 56.2 Å². The first kappa shape index (κ1) is 27.0. The number of esters is 1. The number of aromatic amines is 1. The zero-order valence-electron chi connectivity index (χ0n) is 22.5. The molecule has 5 rings (SSSR count). The number of H-pyrrole nitrogens is 1. The standard InChI is InChI=1S/C30H37N3O6/c1-38-26-16-19(10-11-25(26)34)28-22-8-5-6-12-30(22,37)13-14-33(28)18-27(35)32-24(29(36)39-2)15-20-17-31-23-9-4-3-7-21(20)23/h3-4,7,9-11,16-17,22,24,28,31,34,37H,5-6,8,12-15,18H2,1-2H3,(H,32,35)/t22-,24-,28+,30-/m0/s1. The number of hydrogen-bond acceptors (Lipinski definition) is 7. The number of benzene rings is 2. The second-order valence-corrected chi connectivity index (χ2v) is 10.8. The molecule has 1 saturated carbocycles. The molecule has 1 aliphatic carbocycles. The van der Waals surface area contributed by atoms with Crippen LogP contribution in [0.4, 0.5) is 0 Å². The fraction of sp³-hybridized carbons (Fsp3) is 0.467. The highest BCUT2D eigenvalue weighted by Gasteiger charge is 2.49. The lowest BCUT2D eigenvalue weighted by Crippen LogP contribution is -2.57. The summed E-state index contributed by atoms with van der Waals surface area (Å²) in [7, 11) is 2.82. The SMILES string of the molecule is COC(=O)[C@H](Cc1c[nH]c2ccccc12)NC(=O)CN1CC[C@@]2(O)CCCC[C@H]2[C@H]1c1ccc(O)c(OC)c1. The summed E-state index contributed by atoms with van der Waals surface area (Å²) in [6.45, 7) is 0.585. The fourth-order valence-corrected chi connectivity index (χ4v) is 6.52. The number of aromatic nitrogens is 1. The van der Waals surface area contributed by atoms with E-state index in [1.54, 1.807) is 12.1 Å². The van der Waals surface area contributed by atoms with Gasteiger partial charge in [-0.1, -0.05) is 37.1 Å². The normalized spacial score (nSPS) is 24.1. The number of likely N-dealkylation sites (tertiary alicyclic amines) is 1. The van der Waals surface area contributed by atoms with Crippen LogP contribution in [0.3, 0.4) is 0 Å². The average molecular weight is 536 g/mol. The third-order valence-corrected chi connectivity index (χ3v) is 8.48. The monoisotopic (exact) mass is 535 g/mol. The molecule has 2 aromatic carbocycles. The molecule has 9 heteroatoms. The Kier molecular flexibility index (Phi) is 7.81. The topological polar surface area (TPSA) is 124 Å². The molecular formula is C30H37N3O6. The van der Waals surface area contributed by atoms with Gasteiger partial charge < -0.3 is 30.0 Å². The molecule has 0 radical (unpaired) electrons. The van der Waals surface area contributed by atoms with E-state index in [4.69, 9.17) is 9.47 Å². The van der Waals surface area contributed by atoms with Crippen molar-refractivity contribution in [3.8, 4) is 11.5 Å². The molecule has 3 aromatic rings. The summed E-state index contributed by atoms with van der Waals surface area (Å²) in [5.41, 5.74) is 1.96. The van der Waals surface area contributed by atoms with Crippen molar-refractivity contribution < 1.29 is 29.3 Å². The number of para-hydroxylation sites is 1. The molecule has 4 N–H and O–H groups in total. The quantitative estimate of drug-likeness (QED) is 0.326. The second kappa shape index (κ2) is 11.3. The van der Waals surface area contributed by atoms with Crippen LogP contribution in [0.5, 0.6) is 11.5 Å². The molecule has 0 unspecified atom stereocenters. The van der Waals surface area contributed by atoms with Gasteiger partial charge in [0.25, 0.3) is 0 Å². The van der Waals surface area contributed by atoms with Crippen molar-refractivity contribution in [1.82, 2.24) is 15.2 Å². The Morgan fingerprint density at radius 3 is 2.79 bits per heavy atom. The van der Waals surface area contributed by atoms with Crippen molar-refractivity contribution in [2.75, 3.05) is 27.3 Å². The Bertz CT molecular complexity index is 1340. The number of ether oxygens (including phenoxy) is 2. The first-order valence-corrected chi connectivity index (χ1v) is 13.6. The van der Waals surface area contributed by atoms with E-state index in [9.17, 15) is 19.8 Å². The number of phenols is 1. The van der Waals surface area contributed by atoms with Crippen molar-refractivity contribution >= 4 is 22.8 Å². The Hall–Kier alpha value is -3.56. The molecule has 2 aliphatic rings. The van der Waals surface area contributed by atoms with Crippen LogP contribution in [0.2, 0.25) is 0 Å². The summed E-state index contributed by atoms with van der Waals surface area (Å²) >= 11 is 0. The molecule has 1 saturated heterocycles. The second-order valence-electron chi connectivity index (χ2n) is 10.8. The predicted molar refractivity (Wildman–Crippen MR) is 146 cm³/mol. The van der Waals surface area contributed by atoms with E-state index >= 15 is 0 Å². The number of nitrogens with one attached hydrogen (secondary N) is 2. The van der Waals surface area contributed by atoms with Crippen LogP contribution in [0.25, 0.3) is 10.9 Å². The van der Waals surface area contributed by atoms with Gasteiger partial charge in [0.2, 0.25) is 5.91 Å². The van der Waals surface area contributed by atoms with Gasteiger partial charge in [0.15, 0.2) is 11.5 Å². The van der Waals surface area contributed by atoms with E-state index in [2.05, 4.69) is 15.2 Å². The van der Waals surface area contributed by atoms with Gasteiger partial charge in [-0.25, -0.2) is 4.79 Å². The van der Waals surface area contributed by atoms with Gasteiger partial charge in [-0.2, -0.15) is 0 Å². The lowest BCUT2D eigenvalue weighted by atomic mass is 9.66. The summed E-state index contributed by atoms with van der Waals surface area (Å²) in [6.07, 6.45) is 6.29. The highest BCUT2D eigenvalue weighted by Crippen LogP contribution is 2.50. The van der Waals surface area contributed by atoms with E-state index in [1.165, 1.54) is 14.2 Å². The van der Waals surface area contributed by atoms with Crippen LogP contribution in [0, 0.1) is 5.92 Å². The molecule has 0 spiro atoms. The van der Waals surface area contributed by atoms with Gasteiger partial charge in [-0.15, -0.1) is 0 Å². The van der Waals surface area contributed by atoms with Crippen LogP contribution in [0.15, 0.2) is 48.7 Å². The number of rotatable bonds is 8. The zero-order valence-corrected chi connectivity index (χ0v) is 22.5. The molecule has 39 heavy (non-hydrogen) atoms. The minimum Gasteiger partial charge on any atom is -0.504 e. The van der Waals surface area contributed by atoms with Crippen molar-refractivity contribution in [3.63, 3.8) is 0 Å².